The summed E-state index contributed by atoms with van der Waals surface area (Å²) in [5.41, 5.74) is 1.70. The molecule has 1 aliphatic carbocycles. The molecule has 0 radical (unpaired) electrons. The molecule has 3 aromatic rings. The second-order valence-electron chi connectivity index (χ2n) is 7.46. The van der Waals surface area contributed by atoms with Gasteiger partial charge in [-0.15, -0.1) is 10.2 Å². The van der Waals surface area contributed by atoms with Gasteiger partial charge in [0.2, 0.25) is 0 Å². The molecule has 0 unspecified atom stereocenters. The highest BCUT2D eigenvalue weighted by molar-refractivity contribution is 5.89. The van der Waals surface area contributed by atoms with Crippen molar-refractivity contribution in [2.75, 3.05) is 11.9 Å². The molecule has 0 saturated heterocycles. The largest absolute Gasteiger partial charge is 0.337 e. The lowest BCUT2D eigenvalue weighted by Gasteiger charge is -2.37. The van der Waals surface area contributed by atoms with Gasteiger partial charge in [-0.25, -0.2) is 4.79 Å². The minimum absolute atomic E-state index is 0.0328. The number of aromatic nitrogens is 3. The first kappa shape index (κ1) is 17.5. The van der Waals surface area contributed by atoms with Gasteiger partial charge >= 0.3 is 6.03 Å². The maximum atomic E-state index is 12.4. The van der Waals surface area contributed by atoms with Crippen molar-refractivity contribution >= 4 is 17.4 Å². The Hall–Kier alpha value is -2.89. The van der Waals surface area contributed by atoms with Crippen LogP contribution in [0.15, 0.2) is 54.7 Å². The van der Waals surface area contributed by atoms with Crippen molar-refractivity contribution in [2.24, 2.45) is 5.41 Å². The summed E-state index contributed by atoms with van der Waals surface area (Å²) in [7, 11) is 0. The lowest BCUT2D eigenvalue weighted by Crippen LogP contribution is -2.42. The number of amides is 2. The Kier molecular flexibility index (Phi) is 5.05. The number of fused-ring (bicyclic) bond motifs is 1. The van der Waals surface area contributed by atoms with Crippen LogP contribution < -0.4 is 10.6 Å². The second kappa shape index (κ2) is 7.78. The maximum absolute atomic E-state index is 12.4. The predicted octanol–water partition coefficient (Wildman–Crippen LogP) is 4.04. The first-order chi connectivity index (χ1) is 13.2. The standard InChI is InChI=1S/C21H25N5O/c27-20(23-17-9-3-1-4-10-17)22-16-21(12-6-2-7-13-21)15-19-25-24-18-11-5-8-14-26(18)19/h1,3-5,8-11,14H,2,6-7,12-13,15-16H2,(H2,22,23,27). The first-order valence-electron chi connectivity index (χ1n) is 9.63. The molecular weight excluding hydrogens is 338 g/mol. The number of hydrogen-bond donors (Lipinski definition) is 2. The number of pyridine rings is 1. The Labute approximate surface area is 159 Å². The first-order valence-corrected chi connectivity index (χ1v) is 9.63. The maximum Gasteiger partial charge on any atom is 0.319 e. The van der Waals surface area contributed by atoms with Crippen molar-refractivity contribution in [3.05, 3.63) is 60.6 Å². The summed E-state index contributed by atoms with van der Waals surface area (Å²) < 4.78 is 2.06. The van der Waals surface area contributed by atoms with E-state index in [9.17, 15) is 4.79 Å². The smallest absolute Gasteiger partial charge is 0.319 e. The summed E-state index contributed by atoms with van der Waals surface area (Å²) in [5.74, 6) is 0.970. The van der Waals surface area contributed by atoms with E-state index < -0.39 is 0 Å². The fourth-order valence-corrected chi connectivity index (χ4v) is 4.03. The van der Waals surface area contributed by atoms with Gasteiger partial charge in [0.1, 0.15) is 5.82 Å². The van der Waals surface area contributed by atoms with Crippen LogP contribution in [0.5, 0.6) is 0 Å². The number of carbonyl (C=O) groups excluding carboxylic acids is 1. The Morgan fingerprint density at radius 2 is 1.78 bits per heavy atom. The molecule has 0 spiro atoms. The monoisotopic (exact) mass is 363 g/mol. The highest BCUT2D eigenvalue weighted by atomic mass is 16.2. The Balaban J connectivity index is 1.46. The van der Waals surface area contributed by atoms with E-state index in [0.717, 1.165) is 36.4 Å². The molecule has 0 aliphatic heterocycles. The Morgan fingerprint density at radius 1 is 1.00 bits per heavy atom. The van der Waals surface area contributed by atoms with Gasteiger partial charge in [-0.05, 0) is 42.5 Å². The molecule has 6 heteroatoms. The van der Waals surface area contributed by atoms with Gasteiger partial charge in [-0.2, -0.15) is 0 Å². The van der Waals surface area contributed by atoms with E-state index in [-0.39, 0.29) is 11.4 Å². The zero-order valence-electron chi connectivity index (χ0n) is 15.4. The molecule has 1 saturated carbocycles. The van der Waals surface area contributed by atoms with E-state index >= 15 is 0 Å². The lowest BCUT2D eigenvalue weighted by atomic mass is 9.71. The number of carbonyl (C=O) groups is 1. The molecule has 6 nitrogen and oxygen atoms in total. The van der Waals surface area contributed by atoms with E-state index in [1.807, 2.05) is 54.7 Å². The summed E-state index contributed by atoms with van der Waals surface area (Å²) in [5, 5.41) is 14.7. The van der Waals surface area contributed by atoms with Crippen LogP contribution in [0.3, 0.4) is 0 Å². The van der Waals surface area contributed by atoms with Gasteiger partial charge in [-0.3, -0.25) is 4.40 Å². The quantitative estimate of drug-likeness (QED) is 0.718. The van der Waals surface area contributed by atoms with E-state index in [1.165, 1.54) is 19.3 Å². The van der Waals surface area contributed by atoms with Crippen molar-refractivity contribution in [2.45, 2.75) is 38.5 Å². The molecule has 1 fully saturated rings. The normalized spacial score (nSPS) is 16.1. The van der Waals surface area contributed by atoms with E-state index in [1.54, 1.807) is 0 Å². The second-order valence-corrected chi connectivity index (χ2v) is 7.46. The third-order valence-corrected chi connectivity index (χ3v) is 5.49. The average molecular weight is 363 g/mol. The number of para-hydroxylation sites is 1. The van der Waals surface area contributed by atoms with Crippen LogP contribution in [-0.4, -0.2) is 27.2 Å². The molecule has 4 rings (SSSR count). The van der Waals surface area contributed by atoms with Crippen molar-refractivity contribution in [1.29, 1.82) is 0 Å². The van der Waals surface area contributed by atoms with Crippen LogP contribution in [-0.2, 0) is 6.42 Å². The summed E-state index contributed by atoms with van der Waals surface area (Å²) in [4.78, 5) is 12.4. The molecular formula is C21H25N5O. The van der Waals surface area contributed by atoms with Crippen molar-refractivity contribution < 1.29 is 4.79 Å². The molecule has 2 aromatic heterocycles. The van der Waals surface area contributed by atoms with Gasteiger partial charge in [0, 0.05) is 24.8 Å². The lowest BCUT2D eigenvalue weighted by molar-refractivity contribution is 0.177. The van der Waals surface area contributed by atoms with E-state index in [2.05, 4.69) is 25.2 Å². The minimum atomic E-state index is -0.155. The highest BCUT2D eigenvalue weighted by Crippen LogP contribution is 2.38. The molecule has 1 aromatic carbocycles. The van der Waals surface area contributed by atoms with Gasteiger partial charge in [-0.1, -0.05) is 43.5 Å². The summed E-state index contributed by atoms with van der Waals surface area (Å²) in [6.07, 6.45) is 8.68. The Morgan fingerprint density at radius 3 is 2.59 bits per heavy atom. The fraction of sp³-hybridized carbons (Fsp3) is 0.381. The third kappa shape index (κ3) is 4.10. The number of hydrogen-bond acceptors (Lipinski definition) is 3. The topological polar surface area (TPSA) is 71.3 Å². The SMILES string of the molecule is O=C(NCC1(Cc2nnc3ccccn23)CCCCC1)Nc1ccccc1. The molecule has 2 N–H and O–H groups in total. The summed E-state index contributed by atoms with van der Waals surface area (Å²) in [6, 6.07) is 15.3. The molecule has 140 valence electrons. The predicted molar refractivity (Wildman–Crippen MR) is 106 cm³/mol. The van der Waals surface area contributed by atoms with Crippen LogP contribution >= 0.6 is 0 Å². The van der Waals surface area contributed by atoms with Crippen molar-refractivity contribution in [3.8, 4) is 0 Å². The average Bonchev–Trinajstić information content (AvgIpc) is 3.11. The van der Waals surface area contributed by atoms with Crippen LogP contribution in [0.4, 0.5) is 10.5 Å². The summed E-state index contributed by atoms with van der Waals surface area (Å²) in [6.45, 7) is 0.646. The summed E-state index contributed by atoms with van der Waals surface area (Å²) >= 11 is 0. The molecule has 2 heterocycles. The van der Waals surface area contributed by atoms with Crippen LogP contribution in [0.25, 0.3) is 5.65 Å². The number of benzene rings is 1. The van der Waals surface area contributed by atoms with E-state index in [4.69, 9.17) is 0 Å². The number of nitrogens with one attached hydrogen (secondary N) is 2. The Bertz CT molecular complexity index is 899. The van der Waals surface area contributed by atoms with E-state index in [0.29, 0.717) is 6.54 Å². The molecule has 27 heavy (non-hydrogen) atoms. The fourth-order valence-electron chi connectivity index (χ4n) is 4.03. The van der Waals surface area contributed by atoms with Gasteiger partial charge in [0.25, 0.3) is 0 Å². The van der Waals surface area contributed by atoms with Gasteiger partial charge < -0.3 is 10.6 Å². The van der Waals surface area contributed by atoms with Crippen LogP contribution in [0, 0.1) is 5.41 Å². The van der Waals surface area contributed by atoms with Crippen molar-refractivity contribution in [3.63, 3.8) is 0 Å². The van der Waals surface area contributed by atoms with Gasteiger partial charge in [0.15, 0.2) is 5.65 Å². The highest BCUT2D eigenvalue weighted by Gasteiger charge is 2.34. The minimum Gasteiger partial charge on any atom is -0.337 e. The third-order valence-electron chi connectivity index (χ3n) is 5.49. The van der Waals surface area contributed by atoms with Crippen molar-refractivity contribution in [1.82, 2.24) is 19.9 Å². The molecule has 2 amide bonds. The number of nitrogens with zero attached hydrogens (tertiary/aromatic N) is 3. The zero-order chi connectivity index (χ0) is 18.5. The molecule has 0 bridgehead atoms. The number of urea groups is 1. The van der Waals surface area contributed by atoms with Crippen LogP contribution in [0.1, 0.15) is 37.9 Å². The zero-order valence-corrected chi connectivity index (χ0v) is 15.4. The van der Waals surface area contributed by atoms with Crippen LogP contribution in [0.2, 0.25) is 0 Å². The number of anilines is 1. The molecule has 1 aliphatic rings. The molecule has 0 atom stereocenters. The van der Waals surface area contributed by atoms with Gasteiger partial charge in [0.05, 0.1) is 0 Å². The number of rotatable bonds is 5.